The summed E-state index contributed by atoms with van der Waals surface area (Å²) in [5.41, 5.74) is 9.02. The first-order valence-electron chi connectivity index (χ1n) is 7.32. The normalized spacial score (nSPS) is 21.8. The number of hydrogen-bond acceptors (Lipinski definition) is 5. The van der Waals surface area contributed by atoms with Crippen molar-refractivity contribution < 1.29 is 19.5 Å². The Hall–Kier alpha value is -2.97. The van der Waals surface area contributed by atoms with E-state index in [0.29, 0.717) is 0 Å². The van der Waals surface area contributed by atoms with Crippen LogP contribution in [0.25, 0.3) is 10.4 Å². The summed E-state index contributed by atoms with van der Waals surface area (Å²) in [5.74, 6) is -2.02. The van der Waals surface area contributed by atoms with Crippen molar-refractivity contribution in [2.75, 3.05) is 5.75 Å². The van der Waals surface area contributed by atoms with E-state index in [4.69, 9.17) is 5.53 Å². The molecule has 2 heterocycles. The van der Waals surface area contributed by atoms with Gasteiger partial charge in [0.1, 0.15) is 17.1 Å². The molecule has 0 aliphatic carbocycles. The summed E-state index contributed by atoms with van der Waals surface area (Å²) in [5, 5.41) is 14.8. The van der Waals surface area contributed by atoms with Crippen LogP contribution in [0.4, 0.5) is 0 Å². The molecular formula is C15H13N5O4S. The maximum atomic E-state index is 12.3. The van der Waals surface area contributed by atoms with Gasteiger partial charge in [0.2, 0.25) is 5.91 Å². The fourth-order valence-corrected chi connectivity index (χ4v) is 4.00. The number of amides is 2. The van der Waals surface area contributed by atoms with Crippen molar-refractivity contribution in [2.45, 2.75) is 17.8 Å². The lowest BCUT2D eigenvalue weighted by molar-refractivity contribution is -0.150. The minimum Gasteiger partial charge on any atom is -0.477 e. The number of carboxylic acid groups (broad SMARTS) is 1. The molecule has 0 bridgehead atoms. The molecule has 2 atom stereocenters. The van der Waals surface area contributed by atoms with Crippen molar-refractivity contribution in [3.8, 4) is 0 Å². The molecule has 1 aromatic carbocycles. The summed E-state index contributed by atoms with van der Waals surface area (Å²) < 4.78 is 0. The maximum Gasteiger partial charge on any atom is 0.352 e. The van der Waals surface area contributed by atoms with E-state index in [1.54, 1.807) is 12.1 Å². The number of β-lactam (4-membered cyclic amide) rings is 1. The predicted octanol–water partition coefficient (Wildman–Crippen LogP) is 1.24. The number of nitrogens with zero attached hydrogens (tertiary/aromatic N) is 4. The SMILES string of the molecule is [N-]=[N+]=NC1=C(C(=O)O)N2C(=O)[C@@H](NC(=O)Cc3ccccc3)[C@@H]2SC1. The Balaban J connectivity index is 1.72. The smallest absolute Gasteiger partial charge is 0.352 e. The van der Waals surface area contributed by atoms with Crippen LogP contribution in [0.2, 0.25) is 0 Å². The van der Waals surface area contributed by atoms with Gasteiger partial charge < -0.3 is 10.4 Å². The van der Waals surface area contributed by atoms with Gasteiger partial charge in [0.25, 0.3) is 5.91 Å². The number of fused-ring (bicyclic) bond motifs is 1. The lowest BCUT2D eigenvalue weighted by Crippen LogP contribution is -2.70. The molecule has 10 heteroatoms. The minimum atomic E-state index is -1.34. The molecule has 1 fully saturated rings. The summed E-state index contributed by atoms with van der Waals surface area (Å²) in [6.07, 6.45) is 0.133. The van der Waals surface area contributed by atoms with Gasteiger partial charge in [-0.25, -0.2) is 4.79 Å². The van der Waals surface area contributed by atoms with E-state index in [2.05, 4.69) is 15.3 Å². The molecule has 9 nitrogen and oxygen atoms in total. The Bertz CT molecular complexity index is 818. The zero-order valence-corrected chi connectivity index (χ0v) is 13.6. The Morgan fingerprint density at radius 2 is 2.12 bits per heavy atom. The number of hydrogen-bond donors (Lipinski definition) is 2. The number of azide groups is 1. The Labute approximate surface area is 146 Å². The number of thioether (sulfide) groups is 1. The summed E-state index contributed by atoms with van der Waals surface area (Å²) in [6.45, 7) is 0. The van der Waals surface area contributed by atoms with Gasteiger partial charge in [-0.05, 0) is 11.1 Å². The van der Waals surface area contributed by atoms with Gasteiger partial charge in [-0.2, -0.15) is 0 Å². The molecule has 25 heavy (non-hydrogen) atoms. The van der Waals surface area contributed by atoms with Gasteiger partial charge >= 0.3 is 5.97 Å². The topological polar surface area (TPSA) is 135 Å². The van der Waals surface area contributed by atoms with E-state index in [0.717, 1.165) is 10.5 Å². The highest BCUT2D eigenvalue weighted by atomic mass is 32.2. The van der Waals surface area contributed by atoms with Crippen LogP contribution in [0.5, 0.6) is 0 Å². The molecule has 0 saturated carbocycles. The molecule has 2 aliphatic heterocycles. The van der Waals surface area contributed by atoms with Crippen molar-refractivity contribution in [1.29, 1.82) is 0 Å². The van der Waals surface area contributed by atoms with Crippen molar-refractivity contribution in [1.82, 2.24) is 10.2 Å². The van der Waals surface area contributed by atoms with Crippen LogP contribution in [0.1, 0.15) is 5.56 Å². The van der Waals surface area contributed by atoms with Gasteiger partial charge in [-0.1, -0.05) is 35.4 Å². The molecule has 0 unspecified atom stereocenters. The zero-order chi connectivity index (χ0) is 18.0. The van der Waals surface area contributed by atoms with Gasteiger partial charge in [0.05, 0.1) is 12.1 Å². The van der Waals surface area contributed by atoms with Crippen LogP contribution >= 0.6 is 11.8 Å². The third-order valence-electron chi connectivity index (χ3n) is 3.84. The number of carboxylic acids is 1. The summed E-state index contributed by atoms with van der Waals surface area (Å²) in [7, 11) is 0. The lowest BCUT2D eigenvalue weighted by atomic mass is 10.0. The largest absolute Gasteiger partial charge is 0.477 e. The standard InChI is InChI=1S/C15H13N5O4S/c16-19-18-9-7-25-14-11(13(22)20(14)12(9)15(23)24)17-10(21)6-8-4-2-1-3-5-8/h1-5,11,14H,6-7H2,(H,17,21)(H,23,24)/t11-,14+/m1/s1. The number of nitrogens with one attached hydrogen (secondary N) is 1. The molecule has 0 spiro atoms. The van der Waals surface area contributed by atoms with Crippen molar-refractivity contribution in [2.24, 2.45) is 5.11 Å². The van der Waals surface area contributed by atoms with E-state index < -0.39 is 23.3 Å². The Morgan fingerprint density at radius 3 is 2.76 bits per heavy atom. The van der Waals surface area contributed by atoms with Crippen LogP contribution in [-0.2, 0) is 20.8 Å². The van der Waals surface area contributed by atoms with Gasteiger partial charge in [0.15, 0.2) is 0 Å². The molecule has 2 aliphatic rings. The van der Waals surface area contributed by atoms with Crippen LogP contribution in [-0.4, -0.2) is 45.0 Å². The monoisotopic (exact) mass is 359 g/mol. The first kappa shape index (κ1) is 16.9. The second-order valence-corrected chi connectivity index (χ2v) is 6.51. The Kier molecular flexibility index (Phi) is 4.64. The number of carbonyl (C=O) groups excluding carboxylic acids is 2. The fourth-order valence-electron chi connectivity index (χ4n) is 2.74. The van der Waals surface area contributed by atoms with Crippen LogP contribution in [0.3, 0.4) is 0 Å². The van der Waals surface area contributed by atoms with Crippen molar-refractivity contribution in [3.05, 3.63) is 57.7 Å². The van der Waals surface area contributed by atoms with Gasteiger partial charge in [-0.3, -0.25) is 14.5 Å². The van der Waals surface area contributed by atoms with E-state index in [1.807, 2.05) is 18.2 Å². The van der Waals surface area contributed by atoms with E-state index in [1.165, 1.54) is 11.8 Å². The van der Waals surface area contributed by atoms with Gasteiger partial charge in [-0.15, -0.1) is 11.8 Å². The minimum absolute atomic E-state index is 0.00124. The second-order valence-electron chi connectivity index (χ2n) is 5.41. The summed E-state index contributed by atoms with van der Waals surface area (Å²) >= 11 is 1.25. The molecule has 3 rings (SSSR count). The highest BCUT2D eigenvalue weighted by Crippen LogP contribution is 2.40. The second kappa shape index (κ2) is 6.88. The Morgan fingerprint density at radius 1 is 1.40 bits per heavy atom. The first-order chi connectivity index (χ1) is 12.0. The molecule has 2 amide bonds. The summed E-state index contributed by atoms with van der Waals surface area (Å²) in [4.78, 5) is 39.5. The highest BCUT2D eigenvalue weighted by molar-refractivity contribution is 8.00. The fraction of sp³-hybridized carbons (Fsp3) is 0.267. The van der Waals surface area contributed by atoms with Crippen molar-refractivity contribution >= 4 is 29.5 Å². The van der Waals surface area contributed by atoms with E-state index in [-0.39, 0.29) is 29.5 Å². The average Bonchev–Trinajstić information content (AvgIpc) is 2.60. The lowest BCUT2D eigenvalue weighted by Gasteiger charge is -2.49. The summed E-state index contributed by atoms with van der Waals surface area (Å²) in [6, 6.07) is 8.30. The average molecular weight is 359 g/mol. The number of rotatable bonds is 5. The molecule has 1 saturated heterocycles. The quantitative estimate of drug-likeness (QED) is 0.353. The number of benzene rings is 1. The predicted molar refractivity (Wildman–Crippen MR) is 89.0 cm³/mol. The third kappa shape index (κ3) is 3.17. The zero-order valence-electron chi connectivity index (χ0n) is 12.8. The van der Waals surface area contributed by atoms with E-state index in [9.17, 15) is 19.5 Å². The molecular weight excluding hydrogens is 346 g/mol. The molecule has 128 valence electrons. The van der Waals surface area contributed by atoms with Crippen LogP contribution < -0.4 is 5.32 Å². The van der Waals surface area contributed by atoms with E-state index >= 15 is 0 Å². The number of aliphatic carboxylic acids is 1. The first-order valence-corrected chi connectivity index (χ1v) is 8.37. The number of carbonyl (C=O) groups is 3. The van der Waals surface area contributed by atoms with Crippen LogP contribution in [0.15, 0.2) is 46.8 Å². The molecule has 2 N–H and O–H groups in total. The molecule has 0 aromatic heterocycles. The van der Waals surface area contributed by atoms with Gasteiger partial charge in [0, 0.05) is 10.7 Å². The molecule has 1 aromatic rings. The maximum absolute atomic E-state index is 12.3. The van der Waals surface area contributed by atoms with Crippen molar-refractivity contribution in [3.63, 3.8) is 0 Å². The highest BCUT2D eigenvalue weighted by Gasteiger charge is 2.54. The molecule has 0 radical (unpaired) electrons. The third-order valence-corrected chi connectivity index (χ3v) is 5.10. The van der Waals surface area contributed by atoms with Crippen LogP contribution in [0, 0.1) is 0 Å².